The van der Waals surface area contributed by atoms with Crippen LogP contribution in [0.3, 0.4) is 0 Å². The van der Waals surface area contributed by atoms with Crippen LogP contribution in [-0.2, 0) is 57.7 Å². The maximum atomic E-state index is 12.5. The molecule has 0 saturated carbocycles. The first-order chi connectivity index (χ1) is 59.6. The lowest BCUT2D eigenvalue weighted by atomic mass is 10.0. The van der Waals surface area contributed by atoms with Crippen molar-refractivity contribution in [1.82, 2.24) is 69.8 Å². The smallest absolute Gasteiger partial charge is 0.414 e. The molecule has 38 heteroatoms. The van der Waals surface area contributed by atoms with Crippen molar-refractivity contribution in [2.75, 3.05) is 66.3 Å². The molecule has 127 heavy (non-hydrogen) atoms. The van der Waals surface area contributed by atoms with Gasteiger partial charge in [0.15, 0.2) is 5.03 Å². The van der Waals surface area contributed by atoms with E-state index in [0.717, 1.165) is 72.8 Å². The minimum Gasteiger partial charge on any atom is -0.475 e. The molecule has 34 nitrogen and oxygen atoms in total. The summed E-state index contributed by atoms with van der Waals surface area (Å²) in [6.07, 6.45) is 13.2. The molecule has 0 radical (unpaired) electrons. The monoisotopic (exact) mass is 1830 g/mol. The van der Waals surface area contributed by atoms with E-state index in [4.69, 9.17) is 14.2 Å². The van der Waals surface area contributed by atoms with Crippen molar-refractivity contribution in [2.45, 2.75) is 264 Å². The number of cyclic esters (lactones) is 1. The van der Waals surface area contributed by atoms with E-state index < -0.39 is 51.2 Å². The van der Waals surface area contributed by atoms with Gasteiger partial charge in [-0.2, -0.15) is 23.1 Å². The van der Waals surface area contributed by atoms with Crippen LogP contribution in [0.25, 0.3) is 66.2 Å². The molecule has 12 aromatic heterocycles. The number of hydrogen-bond acceptors (Lipinski definition) is 21. The largest absolute Gasteiger partial charge is 0.475 e. The van der Waals surface area contributed by atoms with Crippen molar-refractivity contribution >= 4 is 159 Å². The highest BCUT2D eigenvalue weighted by Crippen LogP contribution is 2.43. The molecule has 0 atom stereocenters. The normalized spacial score (nSPS) is 16.2. The number of aromatic amines is 6. The van der Waals surface area contributed by atoms with E-state index in [0.29, 0.717) is 76.7 Å². The molecule has 696 valence electrons. The van der Waals surface area contributed by atoms with Crippen LogP contribution in [0.15, 0.2) is 124 Å². The lowest BCUT2D eigenvalue weighted by molar-refractivity contribution is 0.152. The number of fused-ring (bicyclic) bond motifs is 12. The molecule has 3 amide bonds. The number of pyridine rings is 6. The molecule has 18 heterocycles. The Labute approximate surface area is 749 Å². The molecular formula is C89H133N21O13S4. The Morgan fingerprint density at radius 3 is 1.16 bits per heavy atom. The molecule has 0 unspecified atom stereocenters. The van der Waals surface area contributed by atoms with Crippen molar-refractivity contribution in [3.8, 4) is 11.8 Å². The third-order valence-electron chi connectivity index (χ3n) is 19.0. The number of carbonyl (C=O) groups is 2. The van der Waals surface area contributed by atoms with Gasteiger partial charge in [0, 0.05) is 122 Å². The van der Waals surface area contributed by atoms with Gasteiger partial charge in [-0.15, -0.1) is 4.40 Å². The maximum Gasteiger partial charge on any atom is 0.414 e. The Kier molecular flexibility index (Phi) is 33.5. The highest BCUT2D eigenvalue weighted by Gasteiger charge is 2.43. The lowest BCUT2D eigenvalue weighted by Crippen LogP contribution is -2.52. The second-order valence-corrected chi connectivity index (χ2v) is 41.0. The van der Waals surface area contributed by atoms with Gasteiger partial charge in [-0.1, -0.05) is 83.1 Å². The topological polar surface area (TPSA) is 426 Å². The van der Waals surface area contributed by atoms with Crippen LogP contribution in [0.1, 0.15) is 219 Å². The average molecular weight is 1830 g/mol. The Balaban J connectivity index is 0.000000204. The number of H-pyrrole nitrogens is 6. The quantitative estimate of drug-likeness (QED) is 0.0699. The fraction of sp³-hybridized carbons (Fsp3) is 0.494. The minimum atomic E-state index is -3.71. The number of amides is 3. The van der Waals surface area contributed by atoms with Gasteiger partial charge >= 0.3 is 22.1 Å². The molecule has 18 rings (SSSR count). The first-order valence-electron chi connectivity index (χ1n) is 43.2. The highest BCUT2D eigenvalue weighted by molar-refractivity contribution is 7.93. The van der Waals surface area contributed by atoms with Crippen molar-refractivity contribution in [2.24, 2.45) is 4.40 Å². The zero-order valence-corrected chi connectivity index (χ0v) is 82.6. The number of rotatable bonds is 0. The zero-order valence-electron chi connectivity index (χ0n) is 79.4. The molecule has 6 aliphatic rings. The van der Waals surface area contributed by atoms with E-state index in [2.05, 4.69) is 74.2 Å². The van der Waals surface area contributed by atoms with Crippen molar-refractivity contribution in [3.05, 3.63) is 121 Å². The number of hydrogen-bond donors (Lipinski definition) is 8. The molecular weight excluding hydrogens is 1700 g/mol. The molecule has 0 aliphatic carbocycles. The third kappa shape index (κ3) is 23.5. The van der Waals surface area contributed by atoms with E-state index in [-0.39, 0.29) is 69.3 Å². The van der Waals surface area contributed by atoms with Crippen LogP contribution in [-0.4, -0.2) is 183 Å². The zero-order chi connectivity index (χ0) is 95.3. The molecule has 0 aromatic carbocycles. The Hall–Kier alpha value is -11.1. The number of ether oxygens (including phenoxy) is 3. The average Bonchev–Trinajstić information content (AvgIpc) is 1.73. The van der Waals surface area contributed by atoms with E-state index in [1.165, 1.54) is 14.9 Å². The molecule has 8 N–H and O–H groups in total. The molecule has 0 fully saturated rings. The number of nitrogens with one attached hydrogen (secondary N) is 8. The van der Waals surface area contributed by atoms with Gasteiger partial charge < -0.3 is 59.2 Å². The van der Waals surface area contributed by atoms with E-state index in [1.807, 2.05) is 297 Å². The summed E-state index contributed by atoms with van der Waals surface area (Å²) in [7, 11) is -14.1. The van der Waals surface area contributed by atoms with Crippen LogP contribution >= 0.6 is 0 Å². The number of nitrogens with zero attached hydrogens (tertiary/aromatic N) is 13. The first-order valence-corrected chi connectivity index (χ1v) is 49.3. The van der Waals surface area contributed by atoms with E-state index >= 15 is 0 Å². The fourth-order valence-corrected chi connectivity index (χ4v) is 19.5. The first kappa shape index (κ1) is 103. The van der Waals surface area contributed by atoms with Gasteiger partial charge in [-0.3, -0.25) is 18.4 Å². The predicted molar refractivity (Wildman–Crippen MR) is 515 cm³/mol. The second-order valence-electron chi connectivity index (χ2n) is 34.1. The van der Waals surface area contributed by atoms with Gasteiger partial charge in [0.2, 0.25) is 32.7 Å². The fourth-order valence-electron chi connectivity index (χ4n) is 14.1. The summed E-state index contributed by atoms with van der Waals surface area (Å²) in [4.78, 5) is 76.2. The number of sulfonamides is 4. The number of aromatic nitrogens is 12. The third-order valence-corrected chi connectivity index (χ3v) is 25.1. The van der Waals surface area contributed by atoms with Crippen LogP contribution < -0.4 is 47.7 Å². The summed E-state index contributed by atoms with van der Waals surface area (Å²) in [5.74, 6) is 0.279. The number of carbonyl (C=O) groups excluding carboxylic acids is 2. The number of anilines is 6. The summed E-state index contributed by atoms with van der Waals surface area (Å²) >= 11 is 0. The molecule has 0 bridgehead atoms. The summed E-state index contributed by atoms with van der Waals surface area (Å²) in [6, 6.07) is 22.7. The predicted octanol–water partition coefficient (Wildman–Crippen LogP) is 18.5. The summed E-state index contributed by atoms with van der Waals surface area (Å²) in [6.45, 7) is 60.6. The van der Waals surface area contributed by atoms with Gasteiger partial charge in [0.1, 0.15) is 64.0 Å². The minimum absolute atomic E-state index is 0.000116. The standard InChI is InChI=1S/C14H18N4O.C14H17N3O2.C13H17N3O3S.C12H16N4O2S.C12H14N4O2S.C12H15N3O3S.6C2H6/c1-14(2,3)18-11-8-9-4-6-15-12(9)17-10(11)5-7-16-13(18)19;1-14(2,3)17-11-8-9-4-6-15-12(9)16-10(11)5-7-19-13(17)18;1-13(2,3)16-10-8-9-4-5-14-11(9)15-12(10)19-6-7-20(16,17)18;2*1-12(2,3)16-7-14-19(17,18)11-9(16)6-8-4-5-13-10(8)15-11;1-12(2,3)15-9-6-8-4-5-13-10(8)14-11(9)18-7-19(15,16)17;6*1-2/h4,6,8H,5,7H2,1-3H3,(H,15,17)(H,16,19);4,6,8H,5,7H2,1-3H3,(H,15,16);4-5,8H,6-7H2,1-3H3,(H,14,15);4-6,14H,7H2,1-3H3,(H,13,15);4-7H,1-3H3,(H,13,15);4-6H,7H2,1-3H3,(H,13,14);6*1-2H3. The summed E-state index contributed by atoms with van der Waals surface area (Å²) in [5.41, 5.74) is 7.83. The van der Waals surface area contributed by atoms with Crippen molar-refractivity contribution < 1.29 is 57.5 Å². The Morgan fingerprint density at radius 2 is 0.740 bits per heavy atom. The highest BCUT2D eigenvalue weighted by atomic mass is 32.2. The van der Waals surface area contributed by atoms with Crippen LogP contribution in [0, 0.1) is 0 Å². The summed E-state index contributed by atoms with van der Waals surface area (Å²) < 4.78 is 123. The van der Waals surface area contributed by atoms with Crippen LogP contribution in [0.4, 0.5) is 43.7 Å². The molecule has 6 aliphatic heterocycles. The van der Waals surface area contributed by atoms with Gasteiger partial charge in [-0.25, -0.2) is 54.8 Å². The van der Waals surface area contributed by atoms with Crippen LogP contribution in [0.5, 0.6) is 11.8 Å². The lowest BCUT2D eigenvalue weighted by Gasteiger charge is -2.40. The van der Waals surface area contributed by atoms with Crippen molar-refractivity contribution in [3.63, 3.8) is 0 Å². The van der Waals surface area contributed by atoms with Gasteiger partial charge in [0.25, 0.3) is 20.0 Å². The van der Waals surface area contributed by atoms with E-state index in [1.54, 1.807) is 40.7 Å². The molecule has 12 aromatic rings. The second kappa shape index (κ2) is 41.3. The Bertz CT molecular complexity index is 6150. The van der Waals surface area contributed by atoms with Crippen LogP contribution in [0.2, 0.25) is 0 Å². The number of urea groups is 1. The van der Waals surface area contributed by atoms with Gasteiger partial charge in [-0.05, 0) is 197 Å². The van der Waals surface area contributed by atoms with Gasteiger partial charge in [0.05, 0.1) is 47.4 Å². The molecule has 0 spiro atoms. The Morgan fingerprint density at radius 1 is 0.370 bits per heavy atom. The van der Waals surface area contributed by atoms with E-state index in [9.17, 15) is 43.3 Å². The molecule has 0 saturated heterocycles. The SMILES string of the molecule is CC.CC.CC.CC.CC.CC.CC(C)(C)N1C(=O)NCCc2nc3[nH]ccc3cc21.CC(C)(C)N1C(=O)OCCc2nc3[nH]ccc3cc21.CC(C)(C)N1C=NS(=O)(=O)c2nc3[nH]ccc3cc21.CC(C)(C)N1CNS(=O)(=O)c2nc3[nH]ccc3cc21.CC(C)(C)N1c2cc3cc[nH]c3nc2OCCS1(=O)=O.CC(C)(C)N1c2cc3cc[nH]c3nc2OCS1(=O)=O. The maximum absolute atomic E-state index is 12.5. The van der Waals surface area contributed by atoms with Crippen molar-refractivity contribution in [1.29, 1.82) is 0 Å². The summed E-state index contributed by atoms with van der Waals surface area (Å²) in [5, 5.41) is 8.55.